The molecule has 3 rings (SSSR count). The molecular formula is C16H17BrN4. The molecule has 1 fully saturated rings. The van der Waals surface area contributed by atoms with Crippen molar-refractivity contribution in [3.05, 3.63) is 34.6 Å². The summed E-state index contributed by atoms with van der Waals surface area (Å²) in [5.74, 6) is 3.18. The van der Waals surface area contributed by atoms with Crippen molar-refractivity contribution < 1.29 is 0 Å². The van der Waals surface area contributed by atoms with Crippen LogP contribution < -0.4 is 0 Å². The molecule has 0 unspecified atom stereocenters. The highest BCUT2D eigenvalue weighted by Gasteiger charge is 2.30. The number of nitriles is 1. The van der Waals surface area contributed by atoms with Crippen molar-refractivity contribution >= 4 is 15.9 Å². The van der Waals surface area contributed by atoms with Gasteiger partial charge in [-0.25, -0.2) is 0 Å². The summed E-state index contributed by atoms with van der Waals surface area (Å²) in [5.41, 5.74) is 1.07. The van der Waals surface area contributed by atoms with Crippen molar-refractivity contribution in [1.82, 2.24) is 14.8 Å². The van der Waals surface area contributed by atoms with Crippen molar-refractivity contribution in [2.75, 3.05) is 0 Å². The number of rotatable bonds is 4. The molecule has 0 spiro atoms. The summed E-state index contributed by atoms with van der Waals surface area (Å²) in [4.78, 5) is 0. The number of benzene rings is 1. The van der Waals surface area contributed by atoms with Gasteiger partial charge in [0.25, 0.3) is 0 Å². The number of halogens is 1. The first-order valence-electron chi connectivity index (χ1n) is 7.18. The van der Waals surface area contributed by atoms with E-state index in [1.54, 1.807) is 0 Å². The fraction of sp³-hybridized carbons (Fsp3) is 0.438. The van der Waals surface area contributed by atoms with Crippen LogP contribution in [-0.2, 0) is 13.5 Å². The Labute approximate surface area is 132 Å². The average Bonchev–Trinajstić information content (AvgIpc) is 2.78. The van der Waals surface area contributed by atoms with Crippen LogP contribution in [-0.4, -0.2) is 14.8 Å². The van der Waals surface area contributed by atoms with Crippen molar-refractivity contribution in [1.29, 1.82) is 5.26 Å². The lowest BCUT2D eigenvalue weighted by atomic mass is 9.72. The topological polar surface area (TPSA) is 54.5 Å². The van der Waals surface area contributed by atoms with Gasteiger partial charge in [-0.2, -0.15) is 5.26 Å². The SMILES string of the molecule is Cn1c(CC2CC(CC#N)C2)nnc1-c1cccc(Br)c1. The molecule has 0 aliphatic heterocycles. The smallest absolute Gasteiger partial charge is 0.163 e. The van der Waals surface area contributed by atoms with E-state index >= 15 is 0 Å². The summed E-state index contributed by atoms with van der Waals surface area (Å²) in [6, 6.07) is 10.4. The lowest BCUT2D eigenvalue weighted by Crippen LogP contribution is -2.26. The van der Waals surface area contributed by atoms with E-state index in [2.05, 4.69) is 42.8 Å². The van der Waals surface area contributed by atoms with E-state index in [1.807, 2.05) is 25.2 Å². The molecule has 0 radical (unpaired) electrons. The van der Waals surface area contributed by atoms with E-state index in [4.69, 9.17) is 5.26 Å². The van der Waals surface area contributed by atoms with Gasteiger partial charge in [0, 0.05) is 29.9 Å². The van der Waals surface area contributed by atoms with Gasteiger partial charge in [-0.3, -0.25) is 0 Å². The minimum absolute atomic E-state index is 0.595. The summed E-state index contributed by atoms with van der Waals surface area (Å²) >= 11 is 3.49. The highest BCUT2D eigenvalue weighted by atomic mass is 79.9. The summed E-state index contributed by atoms with van der Waals surface area (Å²) in [6.45, 7) is 0. The monoisotopic (exact) mass is 344 g/mol. The lowest BCUT2D eigenvalue weighted by molar-refractivity contribution is 0.193. The maximum atomic E-state index is 8.69. The molecule has 1 saturated carbocycles. The van der Waals surface area contributed by atoms with Crippen molar-refractivity contribution in [2.24, 2.45) is 18.9 Å². The standard InChI is InChI=1S/C16H17BrN4/c1-21-15(9-12-7-11(8-12)5-6-18)19-20-16(21)13-3-2-4-14(17)10-13/h2-4,10-12H,5,7-9H2,1H3. The normalized spacial score (nSPS) is 20.8. The van der Waals surface area contributed by atoms with E-state index in [0.29, 0.717) is 18.3 Å². The van der Waals surface area contributed by atoms with Gasteiger partial charge in [-0.15, -0.1) is 10.2 Å². The molecule has 5 heteroatoms. The molecule has 108 valence electrons. The Kier molecular flexibility index (Phi) is 4.07. The van der Waals surface area contributed by atoms with Crippen molar-refractivity contribution in [2.45, 2.75) is 25.7 Å². The van der Waals surface area contributed by atoms with Gasteiger partial charge in [-0.1, -0.05) is 28.1 Å². The Morgan fingerprint density at radius 1 is 1.33 bits per heavy atom. The Morgan fingerprint density at radius 2 is 2.14 bits per heavy atom. The minimum Gasteiger partial charge on any atom is -0.314 e. The number of hydrogen-bond donors (Lipinski definition) is 0. The van der Waals surface area contributed by atoms with Gasteiger partial charge in [0.05, 0.1) is 6.07 Å². The van der Waals surface area contributed by atoms with Crippen LogP contribution in [0.25, 0.3) is 11.4 Å². The molecule has 0 atom stereocenters. The molecule has 0 saturated heterocycles. The molecule has 1 aliphatic rings. The third-order valence-corrected chi connectivity index (χ3v) is 4.73. The summed E-state index contributed by atoms with van der Waals surface area (Å²) in [6.07, 6.45) is 3.94. The quantitative estimate of drug-likeness (QED) is 0.848. The predicted molar refractivity (Wildman–Crippen MR) is 84.3 cm³/mol. The molecule has 4 nitrogen and oxygen atoms in total. The molecule has 1 heterocycles. The van der Waals surface area contributed by atoms with E-state index in [1.165, 1.54) is 0 Å². The molecule has 1 aromatic carbocycles. The number of nitrogens with zero attached hydrogens (tertiary/aromatic N) is 4. The highest BCUT2D eigenvalue weighted by molar-refractivity contribution is 9.10. The van der Waals surface area contributed by atoms with Crippen LogP contribution in [0.4, 0.5) is 0 Å². The second-order valence-corrected chi connectivity index (χ2v) is 6.69. The van der Waals surface area contributed by atoms with Crippen LogP contribution in [0.15, 0.2) is 28.7 Å². The van der Waals surface area contributed by atoms with Gasteiger partial charge in [0.15, 0.2) is 5.82 Å². The molecule has 0 amide bonds. The summed E-state index contributed by atoms with van der Waals surface area (Å²) in [7, 11) is 2.02. The Morgan fingerprint density at radius 3 is 2.86 bits per heavy atom. The van der Waals surface area contributed by atoms with Gasteiger partial charge < -0.3 is 4.57 Å². The van der Waals surface area contributed by atoms with E-state index in [0.717, 1.165) is 40.9 Å². The summed E-state index contributed by atoms with van der Waals surface area (Å²) in [5, 5.41) is 17.4. The highest BCUT2D eigenvalue weighted by Crippen LogP contribution is 2.37. The lowest BCUT2D eigenvalue weighted by Gasteiger charge is -2.33. The Bertz CT molecular complexity index is 680. The maximum absolute atomic E-state index is 8.69. The van der Waals surface area contributed by atoms with Gasteiger partial charge in [-0.05, 0) is 36.8 Å². The van der Waals surface area contributed by atoms with Gasteiger partial charge in [0.2, 0.25) is 0 Å². The third-order valence-electron chi connectivity index (χ3n) is 4.23. The second kappa shape index (κ2) is 5.98. The fourth-order valence-electron chi connectivity index (χ4n) is 3.01. The molecule has 0 bridgehead atoms. The molecule has 2 aromatic rings. The molecule has 21 heavy (non-hydrogen) atoms. The van der Waals surface area contributed by atoms with Crippen LogP contribution >= 0.6 is 15.9 Å². The molecule has 1 aromatic heterocycles. The molecule has 1 aliphatic carbocycles. The first-order chi connectivity index (χ1) is 10.2. The predicted octanol–water partition coefficient (Wildman–Crippen LogP) is 3.73. The molecular weight excluding hydrogens is 328 g/mol. The molecule has 0 N–H and O–H groups in total. The average molecular weight is 345 g/mol. The van der Waals surface area contributed by atoms with Crippen LogP contribution in [0.2, 0.25) is 0 Å². The first-order valence-corrected chi connectivity index (χ1v) is 7.98. The second-order valence-electron chi connectivity index (χ2n) is 5.78. The van der Waals surface area contributed by atoms with E-state index in [-0.39, 0.29) is 0 Å². The Hall–Kier alpha value is -1.67. The summed E-state index contributed by atoms with van der Waals surface area (Å²) < 4.78 is 3.13. The zero-order valence-electron chi connectivity index (χ0n) is 12.0. The first kappa shape index (κ1) is 14.3. The third kappa shape index (κ3) is 3.01. The van der Waals surface area contributed by atoms with Crippen molar-refractivity contribution in [3.63, 3.8) is 0 Å². The van der Waals surface area contributed by atoms with Crippen molar-refractivity contribution in [3.8, 4) is 17.5 Å². The maximum Gasteiger partial charge on any atom is 0.163 e. The van der Waals surface area contributed by atoms with Gasteiger partial charge >= 0.3 is 0 Å². The van der Waals surface area contributed by atoms with Crippen LogP contribution in [0.5, 0.6) is 0 Å². The number of hydrogen-bond acceptors (Lipinski definition) is 3. The van der Waals surface area contributed by atoms with Crippen LogP contribution in [0, 0.1) is 23.2 Å². The number of aromatic nitrogens is 3. The minimum atomic E-state index is 0.595. The van der Waals surface area contributed by atoms with Gasteiger partial charge in [0.1, 0.15) is 5.82 Å². The Balaban J connectivity index is 1.71. The fourth-order valence-corrected chi connectivity index (χ4v) is 3.41. The largest absolute Gasteiger partial charge is 0.314 e. The van der Waals surface area contributed by atoms with Crippen LogP contribution in [0.3, 0.4) is 0 Å². The van der Waals surface area contributed by atoms with Crippen LogP contribution in [0.1, 0.15) is 25.1 Å². The zero-order chi connectivity index (χ0) is 14.8. The van der Waals surface area contributed by atoms with E-state index < -0.39 is 0 Å². The van der Waals surface area contributed by atoms with E-state index in [9.17, 15) is 0 Å². The zero-order valence-corrected chi connectivity index (χ0v) is 13.5.